The molecule has 0 spiro atoms. The lowest BCUT2D eigenvalue weighted by molar-refractivity contribution is 0.623. The van der Waals surface area contributed by atoms with Crippen LogP contribution in [-0.4, -0.2) is 0 Å². The molecule has 0 amide bonds. The molecule has 1 saturated carbocycles. The van der Waals surface area contributed by atoms with Gasteiger partial charge in [-0.05, 0) is 37.0 Å². The minimum Gasteiger partial charge on any atom is -0.205 e. The number of benzene rings is 1. The van der Waals surface area contributed by atoms with Gasteiger partial charge in [0.25, 0.3) is 0 Å². The minimum absolute atomic E-state index is 0.135. The molecule has 0 bridgehead atoms. The van der Waals surface area contributed by atoms with E-state index >= 15 is 0 Å². The van der Waals surface area contributed by atoms with Crippen molar-refractivity contribution in [3.05, 3.63) is 34.6 Å². The van der Waals surface area contributed by atoms with Gasteiger partial charge in [-0.2, -0.15) is 5.26 Å². The molecule has 0 N–H and O–H groups in total. The van der Waals surface area contributed by atoms with Gasteiger partial charge in [0.15, 0.2) is 0 Å². The second-order valence-corrected chi connectivity index (χ2v) is 4.22. The van der Waals surface area contributed by atoms with Crippen LogP contribution in [0.25, 0.3) is 0 Å². The van der Waals surface area contributed by atoms with Crippen molar-refractivity contribution in [3.63, 3.8) is 0 Å². The summed E-state index contributed by atoms with van der Waals surface area (Å²) in [5.41, 5.74) is 0.747. The van der Waals surface area contributed by atoms with E-state index in [1.54, 1.807) is 12.1 Å². The van der Waals surface area contributed by atoms with Gasteiger partial charge >= 0.3 is 0 Å². The van der Waals surface area contributed by atoms with E-state index in [2.05, 4.69) is 6.07 Å². The first-order valence-corrected chi connectivity index (χ1v) is 4.88. The lowest BCUT2D eigenvalue weighted by atomic mass is 9.98. The molecule has 72 valence electrons. The average molecular weight is 210 g/mol. The van der Waals surface area contributed by atoms with Crippen molar-refractivity contribution in [3.8, 4) is 6.07 Å². The van der Waals surface area contributed by atoms with E-state index < -0.39 is 5.82 Å². The fourth-order valence-electron chi connectivity index (χ4n) is 1.52. The molecule has 1 aliphatic rings. The van der Waals surface area contributed by atoms with Crippen molar-refractivity contribution < 1.29 is 4.39 Å². The highest BCUT2D eigenvalue weighted by Crippen LogP contribution is 2.47. The maximum Gasteiger partial charge on any atom is 0.141 e. The Balaban J connectivity index is 2.19. The molecule has 1 aromatic carbocycles. The summed E-state index contributed by atoms with van der Waals surface area (Å²) in [5.74, 6) is -0.405. The van der Waals surface area contributed by atoms with Crippen molar-refractivity contribution in [2.75, 3.05) is 0 Å². The third kappa shape index (κ3) is 1.73. The third-order valence-corrected chi connectivity index (χ3v) is 2.91. The van der Waals surface area contributed by atoms with Crippen LogP contribution < -0.4 is 0 Å². The van der Waals surface area contributed by atoms with E-state index in [9.17, 15) is 4.39 Å². The van der Waals surface area contributed by atoms with Crippen molar-refractivity contribution in [2.24, 2.45) is 5.41 Å². The van der Waals surface area contributed by atoms with Gasteiger partial charge < -0.3 is 0 Å². The smallest absolute Gasteiger partial charge is 0.141 e. The summed E-state index contributed by atoms with van der Waals surface area (Å²) in [4.78, 5) is 0. The van der Waals surface area contributed by atoms with Crippen molar-refractivity contribution >= 4 is 11.6 Å². The predicted molar refractivity (Wildman–Crippen MR) is 52.4 cm³/mol. The molecule has 0 atom stereocenters. The standard InChI is InChI=1S/C11H9ClFN/c12-9-5-8(1-2-10(9)13)6-11(7-14)3-4-11/h1-2,5H,3-4,6H2. The first kappa shape index (κ1) is 9.48. The van der Waals surface area contributed by atoms with Crippen molar-refractivity contribution in [2.45, 2.75) is 19.3 Å². The van der Waals surface area contributed by atoms with Crippen LogP contribution in [0.2, 0.25) is 5.02 Å². The molecule has 1 fully saturated rings. The molecule has 3 heteroatoms. The maximum atomic E-state index is 12.8. The van der Waals surface area contributed by atoms with Gasteiger partial charge in [0, 0.05) is 0 Å². The molecule has 0 radical (unpaired) electrons. The molecular formula is C11H9ClFN. The highest BCUT2D eigenvalue weighted by atomic mass is 35.5. The zero-order valence-electron chi connectivity index (χ0n) is 7.56. The summed E-state index contributed by atoms with van der Waals surface area (Å²) < 4.78 is 12.8. The van der Waals surface area contributed by atoms with Gasteiger partial charge in [-0.15, -0.1) is 0 Å². The Morgan fingerprint density at radius 2 is 2.21 bits per heavy atom. The molecule has 1 nitrogen and oxygen atoms in total. The highest BCUT2D eigenvalue weighted by Gasteiger charge is 2.42. The van der Waals surface area contributed by atoms with E-state index in [-0.39, 0.29) is 10.4 Å². The van der Waals surface area contributed by atoms with Crippen LogP contribution in [0, 0.1) is 22.6 Å². The quantitative estimate of drug-likeness (QED) is 0.733. The van der Waals surface area contributed by atoms with Crippen LogP contribution >= 0.6 is 11.6 Å². The molecule has 0 aromatic heterocycles. The number of hydrogen-bond acceptors (Lipinski definition) is 1. The van der Waals surface area contributed by atoms with Crippen LogP contribution in [-0.2, 0) is 6.42 Å². The number of nitriles is 1. The molecule has 0 heterocycles. The zero-order valence-corrected chi connectivity index (χ0v) is 8.31. The summed E-state index contributed by atoms with van der Waals surface area (Å²) in [6.07, 6.45) is 2.57. The average Bonchev–Trinajstić information content (AvgIpc) is 2.93. The van der Waals surface area contributed by atoms with Crippen LogP contribution in [0.1, 0.15) is 18.4 Å². The Kier molecular flexibility index (Phi) is 2.20. The second-order valence-electron chi connectivity index (χ2n) is 3.82. The van der Waals surface area contributed by atoms with E-state index in [1.165, 1.54) is 6.07 Å². The van der Waals surface area contributed by atoms with Gasteiger partial charge in [0.2, 0.25) is 0 Å². The summed E-state index contributed by atoms with van der Waals surface area (Å²) in [6, 6.07) is 6.95. The Morgan fingerprint density at radius 1 is 1.50 bits per heavy atom. The number of halogens is 2. The van der Waals surface area contributed by atoms with E-state index in [4.69, 9.17) is 16.9 Å². The van der Waals surface area contributed by atoms with Crippen LogP contribution in [0.4, 0.5) is 4.39 Å². The summed E-state index contributed by atoms with van der Waals surface area (Å²) >= 11 is 5.65. The largest absolute Gasteiger partial charge is 0.205 e. The molecule has 1 aliphatic carbocycles. The monoisotopic (exact) mass is 209 g/mol. The fourth-order valence-corrected chi connectivity index (χ4v) is 1.72. The van der Waals surface area contributed by atoms with Gasteiger partial charge in [-0.1, -0.05) is 17.7 Å². The first-order chi connectivity index (χ1) is 6.65. The SMILES string of the molecule is N#CC1(Cc2ccc(F)c(Cl)c2)CC1. The van der Waals surface area contributed by atoms with E-state index in [1.807, 2.05) is 0 Å². The molecular weight excluding hydrogens is 201 g/mol. The van der Waals surface area contributed by atoms with E-state index in [0.29, 0.717) is 6.42 Å². The number of hydrogen-bond donors (Lipinski definition) is 0. The molecule has 0 aliphatic heterocycles. The molecule has 2 rings (SSSR count). The lowest BCUT2D eigenvalue weighted by Crippen LogP contribution is -2.01. The van der Waals surface area contributed by atoms with Crippen LogP contribution in [0.15, 0.2) is 18.2 Å². The Labute approximate surface area is 87.1 Å². The maximum absolute atomic E-state index is 12.8. The summed E-state index contributed by atoms with van der Waals surface area (Å²) in [7, 11) is 0. The van der Waals surface area contributed by atoms with Gasteiger partial charge in [-0.25, -0.2) is 4.39 Å². The Hall–Kier alpha value is -1.07. The molecule has 1 aromatic rings. The van der Waals surface area contributed by atoms with Gasteiger partial charge in [0.05, 0.1) is 16.5 Å². The minimum atomic E-state index is -0.405. The van der Waals surface area contributed by atoms with Crippen molar-refractivity contribution in [1.29, 1.82) is 5.26 Å². The van der Waals surface area contributed by atoms with Crippen LogP contribution in [0.3, 0.4) is 0 Å². The van der Waals surface area contributed by atoms with Crippen molar-refractivity contribution in [1.82, 2.24) is 0 Å². The van der Waals surface area contributed by atoms with Crippen LogP contribution in [0.5, 0.6) is 0 Å². The first-order valence-electron chi connectivity index (χ1n) is 4.50. The number of nitrogens with zero attached hydrogens (tertiary/aromatic N) is 1. The van der Waals surface area contributed by atoms with Gasteiger partial charge in [-0.3, -0.25) is 0 Å². The normalized spacial score (nSPS) is 17.5. The molecule has 0 unspecified atom stereocenters. The Morgan fingerprint density at radius 3 is 2.71 bits per heavy atom. The predicted octanol–water partition coefficient (Wildman–Crippen LogP) is 3.33. The lowest BCUT2D eigenvalue weighted by Gasteiger charge is -2.05. The molecule has 0 saturated heterocycles. The summed E-state index contributed by atoms with van der Waals surface area (Å²) in [5, 5.41) is 9.02. The topological polar surface area (TPSA) is 23.8 Å². The summed E-state index contributed by atoms with van der Waals surface area (Å²) in [6.45, 7) is 0. The zero-order chi connectivity index (χ0) is 10.2. The Bertz CT molecular complexity index is 404. The number of rotatable bonds is 2. The third-order valence-electron chi connectivity index (χ3n) is 2.62. The highest BCUT2D eigenvalue weighted by molar-refractivity contribution is 6.30. The van der Waals surface area contributed by atoms with E-state index in [0.717, 1.165) is 18.4 Å². The second kappa shape index (κ2) is 3.25. The molecule has 14 heavy (non-hydrogen) atoms. The van der Waals surface area contributed by atoms with Gasteiger partial charge in [0.1, 0.15) is 5.82 Å². The fraction of sp³-hybridized carbons (Fsp3) is 0.364.